The quantitative estimate of drug-likeness (QED) is 0.614. The lowest BCUT2D eigenvalue weighted by Crippen LogP contribution is -2.50. The fourth-order valence-corrected chi connectivity index (χ4v) is 3.42. The zero-order chi connectivity index (χ0) is 14.3. The number of hydrogen-bond acceptors (Lipinski definition) is 3. The third kappa shape index (κ3) is 5.61. The summed E-state index contributed by atoms with van der Waals surface area (Å²) in [4.78, 5) is 9.15. The predicted octanol–water partition coefficient (Wildman–Crippen LogP) is 1.59. The molecule has 0 saturated carbocycles. The van der Waals surface area contributed by atoms with Crippen LogP contribution in [0.1, 0.15) is 20.8 Å². The van der Waals surface area contributed by atoms with Crippen molar-refractivity contribution in [2.45, 2.75) is 26.0 Å². The van der Waals surface area contributed by atoms with E-state index in [2.05, 4.69) is 59.7 Å². The molecule has 0 aliphatic carbocycles. The van der Waals surface area contributed by atoms with Gasteiger partial charge in [-0.2, -0.15) is 11.8 Å². The van der Waals surface area contributed by atoms with Crippen molar-refractivity contribution in [1.29, 1.82) is 0 Å². The standard InChI is InChI=1S/C14H30N4S/c1-6-17(5)8-7-16-14(15-4)18-9-10-19-13(11-18)12(2)3/h12-13H,6-11H2,1-5H3,(H,15,16). The molecule has 0 aromatic heterocycles. The molecule has 1 unspecified atom stereocenters. The van der Waals surface area contributed by atoms with Crippen LogP contribution in [0.5, 0.6) is 0 Å². The maximum absolute atomic E-state index is 4.43. The summed E-state index contributed by atoms with van der Waals surface area (Å²) in [5.74, 6) is 3.01. The van der Waals surface area contributed by atoms with Gasteiger partial charge in [0, 0.05) is 44.2 Å². The lowest BCUT2D eigenvalue weighted by Gasteiger charge is -2.36. The smallest absolute Gasteiger partial charge is 0.193 e. The third-order valence-corrected chi connectivity index (χ3v) is 5.20. The first-order valence-corrected chi connectivity index (χ1v) is 8.39. The van der Waals surface area contributed by atoms with Gasteiger partial charge in [0.2, 0.25) is 0 Å². The normalized spacial score (nSPS) is 21.3. The number of nitrogens with zero attached hydrogens (tertiary/aromatic N) is 3. The summed E-state index contributed by atoms with van der Waals surface area (Å²) in [7, 11) is 4.04. The van der Waals surface area contributed by atoms with Gasteiger partial charge >= 0.3 is 0 Å². The Morgan fingerprint density at radius 1 is 1.53 bits per heavy atom. The van der Waals surface area contributed by atoms with Crippen LogP contribution in [0.15, 0.2) is 4.99 Å². The highest BCUT2D eigenvalue weighted by Crippen LogP contribution is 2.24. The Morgan fingerprint density at radius 3 is 2.84 bits per heavy atom. The third-order valence-electron chi connectivity index (χ3n) is 3.66. The largest absolute Gasteiger partial charge is 0.355 e. The molecule has 0 radical (unpaired) electrons. The van der Waals surface area contributed by atoms with Gasteiger partial charge in [0.1, 0.15) is 0 Å². The molecular formula is C14H30N4S. The number of thioether (sulfide) groups is 1. The average molecular weight is 286 g/mol. The van der Waals surface area contributed by atoms with Gasteiger partial charge in [0.15, 0.2) is 5.96 Å². The molecule has 112 valence electrons. The SMILES string of the molecule is CCN(C)CCNC(=NC)N1CCSC(C(C)C)C1. The second-order valence-corrected chi connectivity index (χ2v) is 6.82. The van der Waals surface area contributed by atoms with Gasteiger partial charge in [-0.3, -0.25) is 4.99 Å². The summed E-state index contributed by atoms with van der Waals surface area (Å²) < 4.78 is 0. The van der Waals surface area contributed by atoms with E-state index in [1.165, 1.54) is 5.75 Å². The van der Waals surface area contributed by atoms with Crippen LogP contribution in [-0.4, -0.2) is 73.6 Å². The summed E-state index contributed by atoms with van der Waals surface area (Å²) in [6.45, 7) is 12.2. The van der Waals surface area contributed by atoms with E-state index in [-0.39, 0.29) is 0 Å². The molecular weight excluding hydrogens is 256 g/mol. The zero-order valence-corrected chi connectivity index (χ0v) is 14.0. The molecule has 0 aromatic rings. The van der Waals surface area contributed by atoms with Crippen molar-refractivity contribution < 1.29 is 0 Å². The minimum absolute atomic E-state index is 0.727. The van der Waals surface area contributed by atoms with Crippen molar-refractivity contribution in [1.82, 2.24) is 15.1 Å². The monoisotopic (exact) mass is 286 g/mol. The van der Waals surface area contributed by atoms with Gasteiger partial charge in [0.25, 0.3) is 0 Å². The Labute approximate surface area is 123 Å². The maximum Gasteiger partial charge on any atom is 0.193 e. The van der Waals surface area contributed by atoms with E-state index in [4.69, 9.17) is 0 Å². The van der Waals surface area contributed by atoms with E-state index in [0.717, 1.165) is 49.9 Å². The molecule has 0 spiro atoms. The van der Waals surface area contributed by atoms with Crippen molar-refractivity contribution in [3.63, 3.8) is 0 Å². The molecule has 5 heteroatoms. The Kier molecular flexibility index (Phi) is 7.61. The van der Waals surface area contributed by atoms with E-state index in [1.54, 1.807) is 0 Å². The molecule has 19 heavy (non-hydrogen) atoms. The molecule has 4 nitrogen and oxygen atoms in total. The molecule has 1 rings (SSSR count). The molecule has 1 fully saturated rings. The van der Waals surface area contributed by atoms with E-state index in [0.29, 0.717) is 0 Å². The van der Waals surface area contributed by atoms with Crippen molar-refractivity contribution in [3.05, 3.63) is 0 Å². The van der Waals surface area contributed by atoms with Crippen LogP contribution in [0, 0.1) is 5.92 Å². The molecule has 1 aliphatic heterocycles. The second kappa shape index (κ2) is 8.69. The molecule has 1 aliphatic rings. The Balaban J connectivity index is 2.42. The molecule has 1 heterocycles. The fourth-order valence-electron chi connectivity index (χ4n) is 2.12. The van der Waals surface area contributed by atoms with Crippen LogP contribution in [0.2, 0.25) is 0 Å². The number of hydrogen-bond donors (Lipinski definition) is 1. The van der Waals surface area contributed by atoms with Crippen molar-refractivity contribution >= 4 is 17.7 Å². The summed E-state index contributed by atoms with van der Waals surface area (Å²) >= 11 is 2.10. The topological polar surface area (TPSA) is 30.9 Å². The lowest BCUT2D eigenvalue weighted by molar-refractivity contribution is 0.346. The highest BCUT2D eigenvalue weighted by atomic mass is 32.2. The number of guanidine groups is 1. The molecule has 0 amide bonds. The van der Waals surface area contributed by atoms with E-state index >= 15 is 0 Å². The van der Waals surface area contributed by atoms with E-state index in [9.17, 15) is 0 Å². The van der Waals surface area contributed by atoms with Gasteiger partial charge in [-0.15, -0.1) is 0 Å². The first kappa shape index (κ1) is 16.6. The van der Waals surface area contributed by atoms with E-state index < -0.39 is 0 Å². The fraction of sp³-hybridized carbons (Fsp3) is 0.929. The Morgan fingerprint density at radius 2 is 2.26 bits per heavy atom. The predicted molar refractivity (Wildman–Crippen MR) is 87.2 cm³/mol. The highest BCUT2D eigenvalue weighted by molar-refractivity contribution is 8.00. The van der Waals surface area contributed by atoms with Gasteiger partial charge < -0.3 is 15.1 Å². The van der Waals surface area contributed by atoms with Gasteiger partial charge in [-0.25, -0.2) is 0 Å². The molecule has 1 atom stereocenters. The van der Waals surface area contributed by atoms with Crippen LogP contribution in [0.25, 0.3) is 0 Å². The van der Waals surface area contributed by atoms with Gasteiger partial charge in [-0.1, -0.05) is 20.8 Å². The average Bonchev–Trinajstić information content (AvgIpc) is 2.43. The number of aliphatic imine (C=N–C) groups is 1. The Bertz CT molecular complexity index is 281. The molecule has 0 bridgehead atoms. The Hall–Kier alpha value is -0.420. The number of nitrogens with one attached hydrogen (secondary N) is 1. The van der Waals surface area contributed by atoms with Crippen LogP contribution < -0.4 is 5.32 Å². The van der Waals surface area contributed by atoms with Crippen molar-refractivity contribution in [3.8, 4) is 0 Å². The maximum atomic E-state index is 4.43. The zero-order valence-electron chi connectivity index (χ0n) is 13.1. The van der Waals surface area contributed by atoms with E-state index in [1.807, 2.05) is 7.05 Å². The van der Waals surface area contributed by atoms with Crippen LogP contribution in [0.4, 0.5) is 0 Å². The van der Waals surface area contributed by atoms with Crippen LogP contribution in [-0.2, 0) is 0 Å². The summed E-state index contributed by atoms with van der Waals surface area (Å²) in [6, 6.07) is 0. The lowest BCUT2D eigenvalue weighted by atomic mass is 10.1. The van der Waals surface area contributed by atoms with Crippen molar-refractivity contribution in [2.75, 3.05) is 52.6 Å². The summed E-state index contributed by atoms with van der Waals surface area (Å²) in [5, 5.41) is 4.22. The molecule has 0 aromatic carbocycles. The minimum Gasteiger partial charge on any atom is -0.355 e. The molecule has 1 N–H and O–H groups in total. The summed E-state index contributed by atoms with van der Waals surface area (Å²) in [6.07, 6.45) is 0. The number of rotatable bonds is 5. The second-order valence-electron chi connectivity index (χ2n) is 5.47. The van der Waals surface area contributed by atoms with Gasteiger partial charge in [-0.05, 0) is 19.5 Å². The molecule has 1 saturated heterocycles. The first-order valence-electron chi connectivity index (χ1n) is 7.34. The summed E-state index contributed by atoms with van der Waals surface area (Å²) in [5.41, 5.74) is 0. The van der Waals surface area contributed by atoms with Crippen molar-refractivity contribution in [2.24, 2.45) is 10.9 Å². The minimum atomic E-state index is 0.727. The first-order chi connectivity index (χ1) is 9.08. The highest BCUT2D eigenvalue weighted by Gasteiger charge is 2.24. The number of likely N-dealkylation sites (N-methyl/N-ethyl adjacent to an activating group) is 1. The van der Waals surface area contributed by atoms with Crippen LogP contribution in [0.3, 0.4) is 0 Å². The van der Waals surface area contributed by atoms with Gasteiger partial charge in [0.05, 0.1) is 0 Å². The van der Waals surface area contributed by atoms with Crippen LogP contribution >= 0.6 is 11.8 Å².